The fourth-order valence-corrected chi connectivity index (χ4v) is 1.85. The Bertz CT molecular complexity index is 696. The average Bonchev–Trinajstić information content (AvgIpc) is 2.88. The molecule has 0 unspecified atom stereocenters. The SMILES string of the molecule is CC(C)c1nc(C(=O)Nc2ccc(C(=O)O)c(Cl)c2)n[nH]1. The third-order valence-corrected chi connectivity index (χ3v) is 3.02. The number of nitrogens with one attached hydrogen (secondary N) is 2. The van der Waals surface area contributed by atoms with Crippen molar-refractivity contribution in [3.63, 3.8) is 0 Å². The van der Waals surface area contributed by atoms with Crippen LogP contribution in [0.5, 0.6) is 0 Å². The molecule has 3 N–H and O–H groups in total. The molecule has 0 saturated carbocycles. The summed E-state index contributed by atoms with van der Waals surface area (Å²) in [7, 11) is 0. The zero-order chi connectivity index (χ0) is 15.6. The van der Waals surface area contributed by atoms with Crippen LogP contribution in [0.15, 0.2) is 18.2 Å². The number of halogens is 1. The maximum atomic E-state index is 12.0. The Balaban J connectivity index is 2.15. The molecule has 1 heterocycles. The van der Waals surface area contributed by atoms with E-state index in [4.69, 9.17) is 16.7 Å². The van der Waals surface area contributed by atoms with E-state index in [2.05, 4.69) is 20.5 Å². The topological polar surface area (TPSA) is 108 Å². The zero-order valence-electron chi connectivity index (χ0n) is 11.3. The number of hydrogen-bond acceptors (Lipinski definition) is 4. The number of nitrogens with zero attached hydrogens (tertiary/aromatic N) is 2. The van der Waals surface area contributed by atoms with Gasteiger partial charge in [0.25, 0.3) is 5.91 Å². The fourth-order valence-electron chi connectivity index (χ4n) is 1.59. The van der Waals surface area contributed by atoms with Crippen LogP contribution >= 0.6 is 11.6 Å². The van der Waals surface area contributed by atoms with Crippen LogP contribution in [-0.4, -0.2) is 32.2 Å². The van der Waals surface area contributed by atoms with Gasteiger partial charge in [0.1, 0.15) is 5.82 Å². The van der Waals surface area contributed by atoms with Gasteiger partial charge >= 0.3 is 5.97 Å². The number of carboxylic acids is 1. The fraction of sp³-hybridized carbons (Fsp3) is 0.231. The van der Waals surface area contributed by atoms with Crippen LogP contribution < -0.4 is 5.32 Å². The number of aromatic amines is 1. The van der Waals surface area contributed by atoms with Gasteiger partial charge in [-0.3, -0.25) is 9.89 Å². The van der Waals surface area contributed by atoms with Crippen molar-refractivity contribution in [1.29, 1.82) is 0 Å². The average molecular weight is 309 g/mol. The summed E-state index contributed by atoms with van der Waals surface area (Å²) >= 11 is 5.83. The van der Waals surface area contributed by atoms with Gasteiger partial charge in [0.15, 0.2) is 0 Å². The number of benzene rings is 1. The van der Waals surface area contributed by atoms with Crippen LogP contribution in [0.1, 0.15) is 46.6 Å². The Morgan fingerprint density at radius 1 is 1.38 bits per heavy atom. The van der Waals surface area contributed by atoms with Crippen LogP contribution in [0.2, 0.25) is 5.02 Å². The molecular weight excluding hydrogens is 296 g/mol. The third kappa shape index (κ3) is 3.38. The molecule has 0 spiro atoms. The molecule has 1 aromatic carbocycles. The van der Waals surface area contributed by atoms with Crippen molar-refractivity contribution in [2.45, 2.75) is 19.8 Å². The Morgan fingerprint density at radius 3 is 2.62 bits per heavy atom. The molecule has 110 valence electrons. The first-order valence-electron chi connectivity index (χ1n) is 6.15. The van der Waals surface area contributed by atoms with Crippen molar-refractivity contribution in [3.8, 4) is 0 Å². The van der Waals surface area contributed by atoms with Crippen LogP contribution in [0.4, 0.5) is 5.69 Å². The Hall–Kier alpha value is -2.41. The Morgan fingerprint density at radius 2 is 2.10 bits per heavy atom. The largest absolute Gasteiger partial charge is 0.478 e. The molecule has 0 aliphatic carbocycles. The van der Waals surface area contributed by atoms with E-state index in [0.29, 0.717) is 11.5 Å². The third-order valence-electron chi connectivity index (χ3n) is 2.71. The maximum absolute atomic E-state index is 12.0. The normalized spacial score (nSPS) is 10.7. The highest BCUT2D eigenvalue weighted by Gasteiger charge is 2.15. The molecule has 0 aliphatic rings. The molecular formula is C13H13ClN4O3. The number of rotatable bonds is 4. The lowest BCUT2D eigenvalue weighted by Crippen LogP contribution is -2.14. The molecule has 2 rings (SSSR count). The number of aromatic carboxylic acids is 1. The van der Waals surface area contributed by atoms with Crippen molar-refractivity contribution in [2.24, 2.45) is 0 Å². The quantitative estimate of drug-likeness (QED) is 0.804. The highest BCUT2D eigenvalue weighted by atomic mass is 35.5. The highest BCUT2D eigenvalue weighted by Crippen LogP contribution is 2.21. The van der Waals surface area contributed by atoms with Gasteiger partial charge in [0, 0.05) is 11.6 Å². The van der Waals surface area contributed by atoms with Gasteiger partial charge in [-0.25, -0.2) is 9.78 Å². The first-order valence-corrected chi connectivity index (χ1v) is 6.52. The standard InChI is InChI=1S/C13H13ClN4O3/c1-6(2)10-16-11(18-17-10)12(19)15-7-3-4-8(13(20)21)9(14)5-7/h3-6H,1-2H3,(H,15,19)(H,20,21)(H,16,17,18). The molecule has 2 aromatic rings. The van der Waals surface area contributed by atoms with Crippen molar-refractivity contribution in [1.82, 2.24) is 15.2 Å². The number of H-pyrrole nitrogens is 1. The molecule has 7 nitrogen and oxygen atoms in total. The zero-order valence-corrected chi connectivity index (χ0v) is 12.1. The van der Waals surface area contributed by atoms with E-state index in [1.54, 1.807) is 0 Å². The number of carbonyl (C=O) groups excluding carboxylic acids is 1. The van der Waals surface area contributed by atoms with Gasteiger partial charge in [0.05, 0.1) is 10.6 Å². The molecule has 1 amide bonds. The van der Waals surface area contributed by atoms with Crippen molar-refractivity contribution in [2.75, 3.05) is 5.32 Å². The summed E-state index contributed by atoms with van der Waals surface area (Å²) in [5.41, 5.74) is 0.334. The van der Waals surface area contributed by atoms with Crippen LogP contribution in [0.25, 0.3) is 0 Å². The van der Waals surface area contributed by atoms with Crippen LogP contribution in [0.3, 0.4) is 0 Å². The van der Waals surface area contributed by atoms with E-state index in [-0.39, 0.29) is 22.3 Å². The van der Waals surface area contributed by atoms with E-state index in [0.717, 1.165) is 0 Å². The van der Waals surface area contributed by atoms with Crippen LogP contribution in [-0.2, 0) is 0 Å². The number of aromatic nitrogens is 3. The monoisotopic (exact) mass is 308 g/mol. The summed E-state index contributed by atoms with van der Waals surface area (Å²) in [6, 6.07) is 4.12. The number of amides is 1. The summed E-state index contributed by atoms with van der Waals surface area (Å²) in [6.07, 6.45) is 0. The molecule has 0 fully saturated rings. The van der Waals surface area contributed by atoms with Gasteiger partial charge < -0.3 is 10.4 Å². The molecule has 8 heteroatoms. The van der Waals surface area contributed by atoms with Gasteiger partial charge in [-0.1, -0.05) is 25.4 Å². The second-order valence-electron chi connectivity index (χ2n) is 4.65. The summed E-state index contributed by atoms with van der Waals surface area (Å²) in [4.78, 5) is 26.9. The number of carbonyl (C=O) groups is 2. The minimum absolute atomic E-state index is 0.0112. The first-order chi connectivity index (χ1) is 9.88. The first kappa shape index (κ1) is 15.0. The van der Waals surface area contributed by atoms with Gasteiger partial charge in [0.2, 0.25) is 5.82 Å². The van der Waals surface area contributed by atoms with E-state index in [1.165, 1.54) is 18.2 Å². The van der Waals surface area contributed by atoms with Gasteiger partial charge in [-0.15, -0.1) is 5.10 Å². The lowest BCUT2D eigenvalue weighted by atomic mass is 10.2. The van der Waals surface area contributed by atoms with E-state index in [9.17, 15) is 9.59 Å². The molecule has 0 bridgehead atoms. The second-order valence-corrected chi connectivity index (χ2v) is 5.06. The lowest BCUT2D eigenvalue weighted by Gasteiger charge is -2.05. The molecule has 1 aromatic heterocycles. The number of anilines is 1. The van der Waals surface area contributed by atoms with Crippen molar-refractivity contribution < 1.29 is 14.7 Å². The highest BCUT2D eigenvalue weighted by molar-refractivity contribution is 6.33. The summed E-state index contributed by atoms with van der Waals surface area (Å²) in [5.74, 6) is -0.884. The van der Waals surface area contributed by atoms with E-state index < -0.39 is 11.9 Å². The lowest BCUT2D eigenvalue weighted by molar-refractivity contribution is 0.0697. The maximum Gasteiger partial charge on any atom is 0.337 e. The van der Waals surface area contributed by atoms with Gasteiger partial charge in [-0.05, 0) is 18.2 Å². The van der Waals surface area contributed by atoms with Crippen molar-refractivity contribution in [3.05, 3.63) is 40.4 Å². The molecule has 0 atom stereocenters. The predicted molar refractivity (Wildman–Crippen MR) is 76.8 cm³/mol. The molecule has 0 radical (unpaired) electrons. The smallest absolute Gasteiger partial charge is 0.337 e. The van der Waals surface area contributed by atoms with Gasteiger partial charge in [-0.2, -0.15) is 0 Å². The van der Waals surface area contributed by atoms with E-state index >= 15 is 0 Å². The summed E-state index contributed by atoms with van der Waals surface area (Å²) < 4.78 is 0. The molecule has 0 saturated heterocycles. The molecule has 21 heavy (non-hydrogen) atoms. The van der Waals surface area contributed by atoms with Crippen LogP contribution in [0, 0.1) is 0 Å². The summed E-state index contributed by atoms with van der Waals surface area (Å²) in [6.45, 7) is 3.85. The minimum Gasteiger partial charge on any atom is -0.478 e. The summed E-state index contributed by atoms with van der Waals surface area (Å²) in [5, 5.41) is 18.0. The minimum atomic E-state index is -1.13. The Labute approximate surface area is 125 Å². The second kappa shape index (κ2) is 5.92. The number of carboxylic acid groups (broad SMARTS) is 1. The molecule has 0 aliphatic heterocycles. The van der Waals surface area contributed by atoms with Crippen molar-refractivity contribution >= 4 is 29.2 Å². The Kier molecular flexibility index (Phi) is 4.23. The number of hydrogen-bond donors (Lipinski definition) is 3. The predicted octanol–water partition coefficient (Wildman–Crippen LogP) is 2.53. The van der Waals surface area contributed by atoms with E-state index in [1.807, 2.05) is 13.8 Å².